The Morgan fingerprint density at radius 2 is 1.86 bits per heavy atom. The van der Waals surface area contributed by atoms with Gasteiger partial charge in [0.05, 0.1) is 10.6 Å². The third-order valence-electron chi connectivity index (χ3n) is 4.53. The maximum Gasteiger partial charge on any atom is 0.265 e. The van der Waals surface area contributed by atoms with Crippen LogP contribution in [0.5, 0.6) is 0 Å². The van der Waals surface area contributed by atoms with Gasteiger partial charge in [-0.1, -0.05) is 24.3 Å². The Bertz CT molecular complexity index is 1010. The molecule has 4 rings (SSSR count). The Balaban J connectivity index is 1.62. The fourth-order valence-electron chi connectivity index (χ4n) is 3.41. The lowest BCUT2D eigenvalue weighted by atomic mass is 10.1. The van der Waals surface area contributed by atoms with Crippen LogP contribution in [0.25, 0.3) is 0 Å². The molecule has 0 radical (unpaired) electrons. The smallest absolute Gasteiger partial charge is 0.265 e. The molecule has 1 saturated heterocycles. The molecule has 1 N–H and O–H groups in total. The van der Waals surface area contributed by atoms with E-state index in [-0.39, 0.29) is 17.2 Å². The molecule has 1 fully saturated rings. The van der Waals surface area contributed by atoms with Gasteiger partial charge in [-0.2, -0.15) is 0 Å². The van der Waals surface area contributed by atoms with Crippen LogP contribution in [0.15, 0.2) is 60.0 Å². The lowest BCUT2D eigenvalue weighted by molar-refractivity contribution is -0.115. The maximum absolute atomic E-state index is 12.6. The van der Waals surface area contributed by atoms with Crippen LogP contribution in [0, 0.1) is 13.8 Å². The standard InChI is InChI=1S/C22H20N2O2S2/c1-14-9-15(2)11-18(10-14)24-20(25)13-28-22(24)16-5-3-6-17(12-16)23-21(26)19-7-4-8-27-19/h3-12,22H,13H2,1-2H3,(H,23,26)/t22-/m1/s1. The summed E-state index contributed by atoms with van der Waals surface area (Å²) in [6.45, 7) is 4.08. The van der Waals surface area contributed by atoms with E-state index < -0.39 is 0 Å². The van der Waals surface area contributed by atoms with Crippen LogP contribution in [0.1, 0.15) is 31.7 Å². The average molecular weight is 409 g/mol. The van der Waals surface area contributed by atoms with Crippen LogP contribution >= 0.6 is 23.1 Å². The number of hydrogen-bond donors (Lipinski definition) is 1. The molecule has 3 aromatic rings. The Morgan fingerprint density at radius 1 is 1.07 bits per heavy atom. The third kappa shape index (κ3) is 3.84. The monoisotopic (exact) mass is 408 g/mol. The quantitative estimate of drug-likeness (QED) is 0.629. The minimum absolute atomic E-state index is 0.104. The summed E-state index contributed by atoms with van der Waals surface area (Å²) in [6, 6.07) is 17.6. The van der Waals surface area contributed by atoms with Gasteiger partial charge in [-0.15, -0.1) is 23.1 Å². The molecule has 0 saturated carbocycles. The van der Waals surface area contributed by atoms with Crippen molar-refractivity contribution in [1.82, 2.24) is 0 Å². The number of aryl methyl sites for hydroxylation is 2. The molecule has 28 heavy (non-hydrogen) atoms. The Hall–Kier alpha value is -2.57. The summed E-state index contributed by atoms with van der Waals surface area (Å²) in [5.41, 5.74) is 4.92. The largest absolute Gasteiger partial charge is 0.321 e. The molecule has 2 amide bonds. The molecule has 1 atom stereocenters. The third-order valence-corrected chi connectivity index (χ3v) is 6.61. The Kier molecular flexibility index (Phi) is 5.24. The van der Waals surface area contributed by atoms with Gasteiger partial charge in [0.25, 0.3) is 5.91 Å². The highest BCUT2D eigenvalue weighted by Crippen LogP contribution is 2.42. The first kappa shape index (κ1) is 18.8. The predicted octanol–water partition coefficient (Wildman–Crippen LogP) is 5.40. The fourth-order valence-corrected chi connectivity index (χ4v) is 5.20. The molecule has 0 spiro atoms. The minimum Gasteiger partial charge on any atom is -0.321 e. The molecule has 0 aliphatic carbocycles. The van der Waals surface area contributed by atoms with Gasteiger partial charge in [-0.05, 0) is 66.2 Å². The van der Waals surface area contributed by atoms with Crippen molar-refractivity contribution in [2.45, 2.75) is 19.2 Å². The molecule has 2 aromatic carbocycles. The van der Waals surface area contributed by atoms with Crippen LogP contribution in [0.2, 0.25) is 0 Å². The second-order valence-corrected chi connectivity index (χ2v) is 8.85. The van der Waals surface area contributed by atoms with Crippen LogP contribution < -0.4 is 10.2 Å². The Labute approximate surface area is 172 Å². The number of carbonyl (C=O) groups excluding carboxylic acids is 2. The van der Waals surface area contributed by atoms with E-state index in [4.69, 9.17) is 0 Å². The van der Waals surface area contributed by atoms with Crippen LogP contribution in [0.3, 0.4) is 0 Å². The van der Waals surface area contributed by atoms with Gasteiger partial charge >= 0.3 is 0 Å². The van der Waals surface area contributed by atoms with Crippen LogP contribution in [-0.4, -0.2) is 17.6 Å². The normalized spacial score (nSPS) is 16.4. The van der Waals surface area contributed by atoms with Crippen LogP contribution in [0.4, 0.5) is 11.4 Å². The highest BCUT2D eigenvalue weighted by atomic mass is 32.2. The van der Waals surface area contributed by atoms with E-state index in [1.165, 1.54) is 11.3 Å². The van der Waals surface area contributed by atoms with Crippen LogP contribution in [-0.2, 0) is 4.79 Å². The van der Waals surface area contributed by atoms with E-state index >= 15 is 0 Å². The van der Waals surface area contributed by atoms with Gasteiger partial charge < -0.3 is 5.32 Å². The molecule has 4 nitrogen and oxygen atoms in total. The van der Waals surface area contributed by atoms with Gasteiger partial charge in [0.1, 0.15) is 5.37 Å². The summed E-state index contributed by atoms with van der Waals surface area (Å²) in [4.78, 5) is 27.5. The van der Waals surface area contributed by atoms with E-state index in [1.54, 1.807) is 17.8 Å². The number of carbonyl (C=O) groups is 2. The van der Waals surface area contributed by atoms with Crippen molar-refractivity contribution in [3.05, 3.63) is 81.5 Å². The molecule has 1 aromatic heterocycles. The molecule has 1 aliphatic heterocycles. The first-order chi connectivity index (χ1) is 13.5. The minimum atomic E-state index is -0.117. The molecular formula is C22H20N2O2S2. The second kappa shape index (κ2) is 7.81. The molecule has 6 heteroatoms. The topological polar surface area (TPSA) is 49.4 Å². The summed E-state index contributed by atoms with van der Waals surface area (Å²) in [6.07, 6.45) is 0. The first-order valence-electron chi connectivity index (χ1n) is 8.98. The number of rotatable bonds is 4. The van der Waals surface area contributed by atoms with Gasteiger partial charge in [0, 0.05) is 11.4 Å². The number of hydrogen-bond acceptors (Lipinski definition) is 4. The van der Waals surface area contributed by atoms with Crippen molar-refractivity contribution in [2.75, 3.05) is 16.0 Å². The second-order valence-electron chi connectivity index (χ2n) is 6.83. The van der Waals surface area contributed by atoms with E-state index in [0.29, 0.717) is 10.6 Å². The van der Waals surface area contributed by atoms with Gasteiger partial charge in [0.2, 0.25) is 5.91 Å². The molecular weight excluding hydrogens is 388 g/mol. The van der Waals surface area contributed by atoms with E-state index in [1.807, 2.05) is 66.6 Å². The van der Waals surface area contributed by atoms with Crippen molar-refractivity contribution >= 4 is 46.3 Å². The van der Waals surface area contributed by atoms with E-state index in [0.717, 1.165) is 28.1 Å². The Morgan fingerprint density at radius 3 is 2.57 bits per heavy atom. The van der Waals surface area contributed by atoms with Gasteiger partial charge in [0.15, 0.2) is 0 Å². The number of nitrogens with zero attached hydrogens (tertiary/aromatic N) is 1. The molecule has 142 valence electrons. The van der Waals surface area contributed by atoms with Crippen molar-refractivity contribution < 1.29 is 9.59 Å². The summed E-state index contributed by atoms with van der Waals surface area (Å²) < 4.78 is 0. The number of anilines is 2. The summed E-state index contributed by atoms with van der Waals surface area (Å²) in [5, 5.41) is 4.73. The maximum atomic E-state index is 12.6. The van der Waals surface area contributed by atoms with Crippen molar-refractivity contribution in [3.8, 4) is 0 Å². The average Bonchev–Trinajstić information content (AvgIpc) is 3.31. The summed E-state index contributed by atoms with van der Waals surface area (Å²) in [7, 11) is 0. The zero-order valence-corrected chi connectivity index (χ0v) is 17.3. The zero-order chi connectivity index (χ0) is 19.7. The van der Waals surface area contributed by atoms with E-state index in [9.17, 15) is 9.59 Å². The molecule has 0 unspecified atom stereocenters. The number of thiophene rings is 1. The SMILES string of the molecule is Cc1cc(C)cc(N2C(=O)CS[C@@H]2c2cccc(NC(=O)c3cccs3)c2)c1. The number of nitrogens with one attached hydrogen (secondary N) is 1. The van der Waals surface area contributed by atoms with Gasteiger partial charge in [-0.25, -0.2) is 0 Å². The highest BCUT2D eigenvalue weighted by Gasteiger charge is 2.34. The lowest BCUT2D eigenvalue weighted by Crippen LogP contribution is -2.28. The fraction of sp³-hybridized carbons (Fsp3) is 0.182. The van der Waals surface area contributed by atoms with Gasteiger partial charge in [-0.3, -0.25) is 14.5 Å². The lowest BCUT2D eigenvalue weighted by Gasteiger charge is -2.25. The summed E-state index contributed by atoms with van der Waals surface area (Å²) in [5.74, 6) is 0.435. The van der Waals surface area contributed by atoms with Crippen molar-refractivity contribution in [3.63, 3.8) is 0 Å². The number of amides is 2. The molecule has 2 heterocycles. The number of benzene rings is 2. The molecule has 0 bridgehead atoms. The first-order valence-corrected chi connectivity index (χ1v) is 10.9. The number of thioether (sulfide) groups is 1. The van der Waals surface area contributed by atoms with Crippen molar-refractivity contribution in [2.24, 2.45) is 0 Å². The highest BCUT2D eigenvalue weighted by molar-refractivity contribution is 8.00. The molecule has 1 aliphatic rings. The van der Waals surface area contributed by atoms with Crippen molar-refractivity contribution in [1.29, 1.82) is 0 Å². The predicted molar refractivity (Wildman–Crippen MR) is 117 cm³/mol. The van der Waals surface area contributed by atoms with E-state index in [2.05, 4.69) is 11.4 Å². The summed E-state index contributed by atoms with van der Waals surface area (Å²) >= 11 is 3.02. The zero-order valence-electron chi connectivity index (χ0n) is 15.6.